The summed E-state index contributed by atoms with van der Waals surface area (Å²) in [6.45, 7) is 9.48. The van der Waals surface area contributed by atoms with Gasteiger partial charge in [0.15, 0.2) is 0 Å². The van der Waals surface area contributed by atoms with Gasteiger partial charge in [0.1, 0.15) is 11.7 Å². The molecule has 1 aliphatic rings. The third-order valence-corrected chi connectivity index (χ3v) is 4.19. The van der Waals surface area contributed by atoms with Gasteiger partial charge >= 0.3 is 0 Å². The molecule has 1 fully saturated rings. The van der Waals surface area contributed by atoms with Crippen LogP contribution in [-0.4, -0.2) is 23.4 Å². The van der Waals surface area contributed by atoms with E-state index in [1.165, 1.54) is 25.7 Å². The molecule has 0 spiro atoms. The number of pyridine rings is 1. The molecule has 0 unspecified atom stereocenters. The van der Waals surface area contributed by atoms with Gasteiger partial charge in [-0.15, -0.1) is 0 Å². The zero-order valence-electron chi connectivity index (χ0n) is 13.7. The second-order valence-electron chi connectivity index (χ2n) is 6.68. The third-order valence-electron chi connectivity index (χ3n) is 4.19. The first-order chi connectivity index (χ1) is 9.90. The Hall–Kier alpha value is -1.58. The quantitative estimate of drug-likeness (QED) is 0.644. The number of hydrogen-bond acceptors (Lipinski definition) is 3. The predicted octanol–water partition coefficient (Wildman–Crippen LogP) is 3.39. The van der Waals surface area contributed by atoms with Crippen LogP contribution < -0.4 is 10.6 Å². The fourth-order valence-corrected chi connectivity index (χ4v) is 3.38. The molecule has 0 amide bonds. The number of nitrogens with zero attached hydrogens (tertiary/aromatic N) is 2. The van der Waals surface area contributed by atoms with E-state index in [2.05, 4.69) is 18.7 Å². The van der Waals surface area contributed by atoms with E-state index in [0.717, 1.165) is 29.2 Å². The van der Waals surface area contributed by atoms with E-state index in [4.69, 9.17) is 16.1 Å². The summed E-state index contributed by atoms with van der Waals surface area (Å²) in [4.78, 5) is 7.17. The van der Waals surface area contributed by atoms with Gasteiger partial charge in [0.05, 0.1) is 5.56 Å². The van der Waals surface area contributed by atoms with Gasteiger partial charge in [-0.25, -0.2) is 4.98 Å². The third kappa shape index (κ3) is 3.55. The molecular formula is C17H28N4. The van der Waals surface area contributed by atoms with Gasteiger partial charge in [0.25, 0.3) is 0 Å². The minimum Gasteiger partial charge on any atom is -0.384 e. The largest absolute Gasteiger partial charge is 0.384 e. The van der Waals surface area contributed by atoms with Crippen LogP contribution in [0.2, 0.25) is 0 Å². The predicted molar refractivity (Wildman–Crippen MR) is 89.2 cm³/mol. The van der Waals surface area contributed by atoms with Crippen LogP contribution in [0.3, 0.4) is 0 Å². The number of hydrogen-bond donors (Lipinski definition) is 2. The van der Waals surface area contributed by atoms with Crippen molar-refractivity contribution in [2.45, 2.75) is 59.4 Å². The average Bonchev–Trinajstić information content (AvgIpc) is 2.87. The summed E-state index contributed by atoms with van der Waals surface area (Å²) in [5.41, 5.74) is 8.71. The zero-order valence-corrected chi connectivity index (χ0v) is 13.7. The van der Waals surface area contributed by atoms with Crippen molar-refractivity contribution in [1.29, 1.82) is 5.41 Å². The Morgan fingerprint density at radius 3 is 2.52 bits per heavy atom. The summed E-state index contributed by atoms with van der Waals surface area (Å²) in [6.07, 6.45) is 5.02. The van der Waals surface area contributed by atoms with Crippen LogP contribution >= 0.6 is 0 Å². The highest BCUT2D eigenvalue weighted by Gasteiger charge is 2.27. The molecule has 21 heavy (non-hydrogen) atoms. The van der Waals surface area contributed by atoms with Gasteiger partial charge in [0, 0.05) is 18.3 Å². The van der Waals surface area contributed by atoms with E-state index < -0.39 is 0 Å². The number of rotatable bonds is 5. The SMILES string of the molecule is Cc1cc(C)c(C(=N)N)c(N(CC(C)C)C2CCCC2)n1. The van der Waals surface area contributed by atoms with E-state index in [-0.39, 0.29) is 5.84 Å². The second kappa shape index (κ2) is 6.46. The van der Waals surface area contributed by atoms with Crippen molar-refractivity contribution in [3.05, 3.63) is 22.9 Å². The van der Waals surface area contributed by atoms with Crippen LogP contribution in [0.5, 0.6) is 0 Å². The number of anilines is 1. The fraction of sp³-hybridized carbons (Fsp3) is 0.647. The number of amidine groups is 1. The van der Waals surface area contributed by atoms with Crippen molar-refractivity contribution < 1.29 is 0 Å². The Morgan fingerprint density at radius 1 is 1.38 bits per heavy atom. The van der Waals surface area contributed by atoms with Crippen LogP contribution in [0.1, 0.15) is 56.4 Å². The summed E-state index contributed by atoms with van der Waals surface area (Å²) in [6, 6.07) is 2.56. The highest BCUT2D eigenvalue weighted by Crippen LogP contribution is 2.31. The van der Waals surface area contributed by atoms with Gasteiger partial charge in [-0.2, -0.15) is 0 Å². The lowest BCUT2D eigenvalue weighted by molar-refractivity contribution is 0.530. The van der Waals surface area contributed by atoms with Crippen molar-refractivity contribution in [3.8, 4) is 0 Å². The highest BCUT2D eigenvalue weighted by molar-refractivity contribution is 6.01. The monoisotopic (exact) mass is 288 g/mol. The minimum atomic E-state index is 0.127. The number of aryl methyl sites for hydroxylation is 2. The van der Waals surface area contributed by atoms with Gasteiger partial charge in [-0.05, 0) is 44.2 Å². The molecule has 4 nitrogen and oxygen atoms in total. The van der Waals surface area contributed by atoms with E-state index in [1.807, 2.05) is 19.9 Å². The molecule has 2 rings (SSSR count). The number of nitrogens with one attached hydrogen (secondary N) is 1. The van der Waals surface area contributed by atoms with Crippen LogP contribution in [-0.2, 0) is 0 Å². The molecule has 116 valence electrons. The van der Waals surface area contributed by atoms with Crippen LogP contribution in [0.25, 0.3) is 0 Å². The molecule has 0 aromatic carbocycles. The van der Waals surface area contributed by atoms with Crippen molar-refractivity contribution in [3.63, 3.8) is 0 Å². The van der Waals surface area contributed by atoms with E-state index in [9.17, 15) is 0 Å². The molecule has 1 aromatic heterocycles. The summed E-state index contributed by atoms with van der Waals surface area (Å²) in [7, 11) is 0. The Morgan fingerprint density at radius 2 is 2.00 bits per heavy atom. The molecular weight excluding hydrogens is 260 g/mol. The molecule has 1 aliphatic carbocycles. The summed E-state index contributed by atoms with van der Waals surface area (Å²) in [5, 5.41) is 7.95. The van der Waals surface area contributed by atoms with Crippen molar-refractivity contribution in [2.75, 3.05) is 11.4 Å². The zero-order chi connectivity index (χ0) is 15.6. The number of aromatic nitrogens is 1. The molecule has 4 heteroatoms. The van der Waals surface area contributed by atoms with Gasteiger partial charge in [0.2, 0.25) is 0 Å². The van der Waals surface area contributed by atoms with Crippen molar-refractivity contribution >= 4 is 11.7 Å². The number of nitrogen functional groups attached to an aromatic ring is 1. The van der Waals surface area contributed by atoms with Gasteiger partial charge in [-0.1, -0.05) is 26.7 Å². The Labute approximate surface area is 128 Å². The lowest BCUT2D eigenvalue weighted by Gasteiger charge is -2.33. The van der Waals surface area contributed by atoms with E-state index >= 15 is 0 Å². The molecule has 1 aromatic rings. The second-order valence-corrected chi connectivity index (χ2v) is 6.68. The average molecular weight is 288 g/mol. The first-order valence-electron chi connectivity index (χ1n) is 7.99. The molecule has 1 saturated carbocycles. The first kappa shape index (κ1) is 15.8. The molecule has 0 radical (unpaired) electrons. The standard InChI is InChI=1S/C17H28N4/c1-11(2)10-21(14-7-5-6-8-14)17-15(16(18)19)12(3)9-13(4)20-17/h9,11,14H,5-8,10H2,1-4H3,(H3,18,19). The lowest BCUT2D eigenvalue weighted by Crippen LogP contribution is -2.38. The first-order valence-corrected chi connectivity index (χ1v) is 7.99. The van der Waals surface area contributed by atoms with E-state index in [1.54, 1.807) is 0 Å². The molecule has 1 heterocycles. The Balaban J connectivity index is 2.49. The normalized spacial score (nSPS) is 15.7. The topological polar surface area (TPSA) is 66.0 Å². The van der Waals surface area contributed by atoms with Crippen molar-refractivity contribution in [1.82, 2.24) is 4.98 Å². The summed E-state index contributed by atoms with van der Waals surface area (Å²) in [5.74, 6) is 1.61. The summed E-state index contributed by atoms with van der Waals surface area (Å²) < 4.78 is 0. The van der Waals surface area contributed by atoms with Crippen molar-refractivity contribution in [2.24, 2.45) is 11.7 Å². The minimum absolute atomic E-state index is 0.127. The molecule has 0 bridgehead atoms. The smallest absolute Gasteiger partial charge is 0.140 e. The number of nitrogens with two attached hydrogens (primary N) is 1. The maximum atomic E-state index is 7.95. The molecule has 0 saturated heterocycles. The fourth-order valence-electron chi connectivity index (χ4n) is 3.38. The maximum Gasteiger partial charge on any atom is 0.140 e. The highest BCUT2D eigenvalue weighted by atomic mass is 15.2. The maximum absolute atomic E-state index is 7.95. The molecule has 3 N–H and O–H groups in total. The summed E-state index contributed by atoms with van der Waals surface area (Å²) >= 11 is 0. The van der Waals surface area contributed by atoms with Crippen LogP contribution in [0.4, 0.5) is 5.82 Å². The van der Waals surface area contributed by atoms with Gasteiger partial charge < -0.3 is 10.6 Å². The van der Waals surface area contributed by atoms with Gasteiger partial charge in [-0.3, -0.25) is 5.41 Å². The lowest BCUT2D eigenvalue weighted by atomic mass is 10.0. The Kier molecular flexibility index (Phi) is 4.86. The van der Waals surface area contributed by atoms with Crippen LogP contribution in [0, 0.1) is 25.2 Å². The van der Waals surface area contributed by atoms with Crippen LogP contribution in [0.15, 0.2) is 6.07 Å². The molecule has 0 aliphatic heterocycles. The molecule has 0 atom stereocenters. The van der Waals surface area contributed by atoms with E-state index in [0.29, 0.717) is 12.0 Å². The Bertz CT molecular complexity index is 516.